The molecule has 0 spiro atoms. The van der Waals surface area contributed by atoms with Crippen molar-refractivity contribution in [1.82, 2.24) is 15.6 Å². The first-order valence-corrected chi connectivity index (χ1v) is 9.25. The number of thioether (sulfide) groups is 1. The van der Waals surface area contributed by atoms with Crippen molar-refractivity contribution in [2.75, 3.05) is 18.8 Å². The second-order valence-corrected chi connectivity index (χ2v) is 6.75. The minimum atomic E-state index is 0. The topological polar surface area (TPSA) is 49.3 Å². The van der Waals surface area contributed by atoms with Gasteiger partial charge in [0.1, 0.15) is 0 Å². The van der Waals surface area contributed by atoms with Crippen LogP contribution in [0.5, 0.6) is 0 Å². The number of benzene rings is 1. The van der Waals surface area contributed by atoms with Crippen molar-refractivity contribution in [2.24, 2.45) is 4.99 Å². The maximum atomic E-state index is 4.62. The van der Waals surface area contributed by atoms with Crippen LogP contribution in [0.1, 0.15) is 17.5 Å². The Kier molecular flexibility index (Phi) is 10.3. The van der Waals surface area contributed by atoms with E-state index in [2.05, 4.69) is 51.8 Å². The van der Waals surface area contributed by atoms with Gasteiger partial charge < -0.3 is 10.6 Å². The van der Waals surface area contributed by atoms with Crippen molar-refractivity contribution in [3.8, 4) is 0 Å². The van der Waals surface area contributed by atoms with Crippen LogP contribution < -0.4 is 10.6 Å². The summed E-state index contributed by atoms with van der Waals surface area (Å²) in [6.45, 7) is 6.52. The molecule has 2 rings (SSSR count). The van der Waals surface area contributed by atoms with E-state index >= 15 is 0 Å². The lowest BCUT2D eigenvalue weighted by molar-refractivity contribution is 0.843. The van der Waals surface area contributed by atoms with Gasteiger partial charge in [-0.25, -0.2) is 9.98 Å². The number of nitrogens with one attached hydrogen (secondary N) is 2. The van der Waals surface area contributed by atoms with Gasteiger partial charge in [0.2, 0.25) is 0 Å². The molecule has 0 aliphatic heterocycles. The third-order valence-corrected chi connectivity index (χ3v) is 4.91. The Morgan fingerprint density at radius 1 is 1.26 bits per heavy atom. The van der Waals surface area contributed by atoms with Crippen molar-refractivity contribution in [2.45, 2.75) is 25.3 Å². The SMILES string of the molecule is CCNC(=NCc1scnc1C)NCCSc1ccccc1.I. The number of halogens is 1. The van der Waals surface area contributed by atoms with Crippen LogP contribution >= 0.6 is 47.1 Å². The van der Waals surface area contributed by atoms with E-state index in [9.17, 15) is 0 Å². The molecule has 7 heteroatoms. The van der Waals surface area contributed by atoms with E-state index in [0.717, 1.165) is 30.5 Å². The quantitative estimate of drug-likeness (QED) is 0.215. The van der Waals surface area contributed by atoms with Gasteiger partial charge in [-0.3, -0.25) is 0 Å². The summed E-state index contributed by atoms with van der Waals surface area (Å²) in [5, 5.41) is 6.65. The number of aliphatic imine (C=N–C) groups is 1. The van der Waals surface area contributed by atoms with E-state index in [-0.39, 0.29) is 24.0 Å². The molecule has 0 unspecified atom stereocenters. The van der Waals surface area contributed by atoms with Crippen LogP contribution in [0.3, 0.4) is 0 Å². The number of hydrogen-bond acceptors (Lipinski definition) is 4. The Bertz CT molecular complexity index is 587. The molecular weight excluding hydrogens is 439 g/mol. The van der Waals surface area contributed by atoms with Crippen LogP contribution in [0.2, 0.25) is 0 Å². The molecule has 0 radical (unpaired) electrons. The highest BCUT2D eigenvalue weighted by Crippen LogP contribution is 2.16. The molecule has 0 fully saturated rings. The van der Waals surface area contributed by atoms with Crippen molar-refractivity contribution in [3.05, 3.63) is 46.4 Å². The van der Waals surface area contributed by atoms with Crippen molar-refractivity contribution < 1.29 is 0 Å². The maximum absolute atomic E-state index is 4.62. The molecule has 0 aliphatic carbocycles. The molecule has 2 N–H and O–H groups in total. The Labute approximate surface area is 163 Å². The Balaban J connectivity index is 0.00000264. The molecule has 1 aromatic heterocycles. The number of hydrogen-bond donors (Lipinski definition) is 2. The second-order valence-electron chi connectivity index (χ2n) is 4.64. The minimum Gasteiger partial charge on any atom is -0.357 e. The zero-order chi connectivity index (χ0) is 15.6. The number of thiazole rings is 1. The summed E-state index contributed by atoms with van der Waals surface area (Å²) in [5.74, 6) is 1.87. The van der Waals surface area contributed by atoms with Crippen molar-refractivity contribution >= 4 is 53.0 Å². The molecule has 0 bridgehead atoms. The average Bonchev–Trinajstić information content (AvgIpc) is 2.95. The molecule has 0 atom stereocenters. The summed E-state index contributed by atoms with van der Waals surface area (Å²) in [7, 11) is 0. The fourth-order valence-corrected chi connectivity index (χ4v) is 3.32. The van der Waals surface area contributed by atoms with E-state index in [4.69, 9.17) is 0 Å². The molecule has 4 nitrogen and oxygen atoms in total. The minimum absolute atomic E-state index is 0. The van der Waals surface area contributed by atoms with Crippen LogP contribution in [0, 0.1) is 6.92 Å². The van der Waals surface area contributed by atoms with Gasteiger partial charge in [0, 0.05) is 28.6 Å². The summed E-state index contributed by atoms with van der Waals surface area (Å²) < 4.78 is 0. The van der Waals surface area contributed by atoms with E-state index in [1.54, 1.807) is 11.3 Å². The van der Waals surface area contributed by atoms with Gasteiger partial charge in [0.05, 0.1) is 17.7 Å². The zero-order valence-electron chi connectivity index (χ0n) is 13.4. The number of rotatable bonds is 7. The predicted molar refractivity (Wildman–Crippen MR) is 112 cm³/mol. The highest BCUT2D eigenvalue weighted by Gasteiger charge is 2.02. The summed E-state index contributed by atoms with van der Waals surface area (Å²) >= 11 is 3.50. The number of aromatic nitrogens is 1. The standard InChI is InChI=1S/C16H22N4S2.HI/c1-3-17-16(19-11-15-13(2)20-12-22-15)18-9-10-21-14-7-5-4-6-8-14;/h4-8,12H,3,9-11H2,1-2H3,(H2,17,18,19);1H. The first-order chi connectivity index (χ1) is 10.8. The Hall–Kier alpha value is -0.800. The first kappa shape index (κ1) is 20.2. The van der Waals surface area contributed by atoms with Gasteiger partial charge in [0.25, 0.3) is 0 Å². The van der Waals surface area contributed by atoms with Gasteiger partial charge in [-0.2, -0.15) is 0 Å². The largest absolute Gasteiger partial charge is 0.357 e. The van der Waals surface area contributed by atoms with Crippen molar-refractivity contribution in [3.63, 3.8) is 0 Å². The Morgan fingerprint density at radius 2 is 2.04 bits per heavy atom. The molecule has 23 heavy (non-hydrogen) atoms. The molecule has 0 saturated heterocycles. The summed E-state index contributed by atoms with van der Waals surface area (Å²) in [6.07, 6.45) is 0. The monoisotopic (exact) mass is 462 g/mol. The molecule has 2 aromatic rings. The van der Waals surface area contributed by atoms with Crippen LogP contribution in [-0.2, 0) is 6.54 Å². The third-order valence-electron chi connectivity index (χ3n) is 2.98. The maximum Gasteiger partial charge on any atom is 0.191 e. The van der Waals surface area contributed by atoms with Gasteiger partial charge >= 0.3 is 0 Å². The highest BCUT2D eigenvalue weighted by atomic mass is 127. The molecule has 0 aliphatic rings. The van der Waals surface area contributed by atoms with Crippen LogP contribution in [0.4, 0.5) is 0 Å². The fraction of sp³-hybridized carbons (Fsp3) is 0.375. The number of guanidine groups is 1. The zero-order valence-corrected chi connectivity index (χ0v) is 17.4. The molecule has 1 aromatic carbocycles. The van der Waals surface area contributed by atoms with Gasteiger partial charge in [-0.1, -0.05) is 18.2 Å². The molecule has 1 heterocycles. The van der Waals surface area contributed by atoms with Gasteiger partial charge in [0.15, 0.2) is 5.96 Å². The Morgan fingerprint density at radius 3 is 2.70 bits per heavy atom. The molecular formula is C16H23IN4S2. The van der Waals surface area contributed by atoms with Crippen LogP contribution in [0.25, 0.3) is 0 Å². The average molecular weight is 462 g/mol. The highest BCUT2D eigenvalue weighted by molar-refractivity contribution is 14.0. The fourth-order valence-electron chi connectivity index (χ4n) is 1.83. The lowest BCUT2D eigenvalue weighted by atomic mass is 10.4. The third kappa shape index (κ3) is 7.54. The lowest BCUT2D eigenvalue weighted by Gasteiger charge is -2.11. The summed E-state index contributed by atoms with van der Waals surface area (Å²) in [4.78, 5) is 11.4. The smallest absolute Gasteiger partial charge is 0.191 e. The van der Waals surface area contributed by atoms with Crippen LogP contribution in [0.15, 0.2) is 45.7 Å². The van der Waals surface area contributed by atoms with E-state index < -0.39 is 0 Å². The van der Waals surface area contributed by atoms with Crippen molar-refractivity contribution in [1.29, 1.82) is 0 Å². The molecule has 0 amide bonds. The van der Waals surface area contributed by atoms with E-state index in [0.29, 0.717) is 6.54 Å². The van der Waals surface area contributed by atoms with E-state index in [1.165, 1.54) is 9.77 Å². The van der Waals surface area contributed by atoms with Gasteiger partial charge in [-0.15, -0.1) is 47.1 Å². The number of aryl methyl sites for hydroxylation is 1. The predicted octanol–water partition coefficient (Wildman–Crippen LogP) is 3.92. The normalized spacial score (nSPS) is 11.0. The van der Waals surface area contributed by atoms with Gasteiger partial charge in [-0.05, 0) is 26.0 Å². The summed E-state index contributed by atoms with van der Waals surface area (Å²) in [5.41, 5.74) is 2.95. The second kappa shape index (κ2) is 11.7. The molecule has 126 valence electrons. The van der Waals surface area contributed by atoms with E-state index in [1.807, 2.05) is 30.3 Å². The lowest BCUT2D eigenvalue weighted by Crippen LogP contribution is -2.38. The first-order valence-electron chi connectivity index (χ1n) is 7.38. The molecule has 0 saturated carbocycles. The summed E-state index contributed by atoms with van der Waals surface area (Å²) in [6, 6.07) is 10.4. The van der Waals surface area contributed by atoms with Crippen LogP contribution in [-0.4, -0.2) is 29.8 Å². The number of nitrogens with zero attached hydrogens (tertiary/aromatic N) is 2.